The van der Waals surface area contributed by atoms with Crippen LogP contribution in [-0.4, -0.2) is 30.4 Å². The van der Waals surface area contributed by atoms with Crippen LogP contribution in [-0.2, 0) is 9.53 Å². The van der Waals surface area contributed by atoms with Gasteiger partial charge < -0.3 is 15.4 Å². The first-order chi connectivity index (χ1) is 12.0. The molecule has 0 aliphatic heterocycles. The lowest BCUT2D eigenvalue weighted by Gasteiger charge is -2.13. The zero-order valence-corrected chi connectivity index (χ0v) is 14.9. The number of anilines is 1. The molecule has 0 aliphatic carbocycles. The second kappa shape index (κ2) is 8.98. The van der Waals surface area contributed by atoms with Crippen LogP contribution in [0.15, 0.2) is 41.8 Å². The van der Waals surface area contributed by atoms with E-state index >= 15 is 0 Å². The van der Waals surface area contributed by atoms with E-state index in [-0.39, 0.29) is 11.8 Å². The molecule has 0 saturated carbocycles. The Morgan fingerprint density at radius 1 is 1.16 bits per heavy atom. The lowest BCUT2D eigenvalue weighted by molar-refractivity contribution is -0.129. The quantitative estimate of drug-likeness (QED) is 0.743. The number of amides is 2. The summed E-state index contributed by atoms with van der Waals surface area (Å²) in [6, 6.07) is 9.85. The van der Waals surface area contributed by atoms with E-state index in [0.29, 0.717) is 22.7 Å². The van der Waals surface area contributed by atoms with Crippen LogP contribution in [0, 0.1) is 0 Å². The highest BCUT2D eigenvalue weighted by Crippen LogP contribution is 2.15. The van der Waals surface area contributed by atoms with E-state index in [1.807, 2.05) is 12.3 Å². The molecular weight excluding hydrogens is 340 g/mol. The van der Waals surface area contributed by atoms with Crippen molar-refractivity contribution in [1.29, 1.82) is 0 Å². The Morgan fingerprint density at radius 2 is 1.88 bits per heavy atom. The Morgan fingerprint density at radius 3 is 2.48 bits per heavy atom. The van der Waals surface area contributed by atoms with Crippen LogP contribution in [0.5, 0.6) is 0 Å². The minimum Gasteiger partial charge on any atom is -0.449 e. The third kappa shape index (κ3) is 5.42. The molecule has 1 heterocycles. The van der Waals surface area contributed by atoms with Gasteiger partial charge in [-0.1, -0.05) is 13.0 Å². The first-order valence-corrected chi connectivity index (χ1v) is 8.83. The lowest BCUT2D eigenvalue weighted by atomic mass is 10.2. The van der Waals surface area contributed by atoms with Gasteiger partial charge in [-0.25, -0.2) is 4.79 Å². The van der Waals surface area contributed by atoms with Crippen molar-refractivity contribution in [1.82, 2.24) is 5.32 Å². The largest absolute Gasteiger partial charge is 0.449 e. The minimum absolute atomic E-state index is 0.202. The van der Waals surface area contributed by atoms with Gasteiger partial charge in [0, 0.05) is 12.2 Å². The summed E-state index contributed by atoms with van der Waals surface area (Å²) < 4.78 is 5.14. The van der Waals surface area contributed by atoms with E-state index in [4.69, 9.17) is 4.74 Å². The molecule has 0 spiro atoms. The molecule has 132 valence electrons. The van der Waals surface area contributed by atoms with Crippen molar-refractivity contribution >= 4 is 34.8 Å². The SMILES string of the molecule is CCCNC(=O)[C@@H](C)OC(=O)c1ccc(NC(=O)c2cccs2)cc1. The number of rotatable bonds is 7. The van der Waals surface area contributed by atoms with Crippen molar-refractivity contribution in [2.75, 3.05) is 11.9 Å². The van der Waals surface area contributed by atoms with Crippen molar-refractivity contribution in [2.24, 2.45) is 0 Å². The number of benzene rings is 1. The molecule has 2 amide bonds. The summed E-state index contributed by atoms with van der Waals surface area (Å²) in [5.41, 5.74) is 0.882. The summed E-state index contributed by atoms with van der Waals surface area (Å²) >= 11 is 1.35. The highest BCUT2D eigenvalue weighted by molar-refractivity contribution is 7.12. The number of esters is 1. The summed E-state index contributed by atoms with van der Waals surface area (Å²) in [5.74, 6) is -1.11. The summed E-state index contributed by atoms with van der Waals surface area (Å²) in [4.78, 5) is 36.4. The van der Waals surface area contributed by atoms with Crippen LogP contribution >= 0.6 is 11.3 Å². The third-order valence-corrected chi connectivity index (χ3v) is 4.19. The van der Waals surface area contributed by atoms with E-state index in [0.717, 1.165) is 6.42 Å². The maximum absolute atomic E-state index is 12.1. The van der Waals surface area contributed by atoms with Crippen LogP contribution in [0.1, 0.15) is 40.3 Å². The molecule has 6 nitrogen and oxygen atoms in total. The van der Waals surface area contributed by atoms with Gasteiger partial charge in [0.25, 0.3) is 11.8 Å². The Bertz CT molecular complexity index is 726. The molecule has 0 bridgehead atoms. The van der Waals surface area contributed by atoms with Crippen molar-refractivity contribution in [3.05, 3.63) is 52.2 Å². The molecule has 1 atom stereocenters. The van der Waals surface area contributed by atoms with Gasteiger partial charge in [0.1, 0.15) is 0 Å². The van der Waals surface area contributed by atoms with Gasteiger partial charge in [0.05, 0.1) is 10.4 Å². The van der Waals surface area contributed by atoms with E-state index < -0.39 is 12.1 Å². The number of ether oxygens (including phenoxy) is 1. The molecular formula is C18H20N2O4S. The molecule has 2 aromatic rings. The number of thiophene rings is 1. The topological polar surface area (TPSA) is 84.5 Å². The first kappa shape index (κ1) is 18.7. The van der Waals surface area contributed by atoms with Crippen LogP contribution < -0.4 is 10.6 Å². The van der Waals surface area contributed by atoms with Gasteiger partial charge in [-0.2, -0.15) is 0 Å². The van der Waals surface area contributed by atoms with Crippen LogP contribution in [0.2, 0.25) is 0 Å². The maximum atomic E-state index is 12.1. The second-order valence-corrected chi connectivity index (χ2v) is 6.30. The summed E-state index contributed by atoms with van der Waals surface area (Å²) in [7, 11) is 0. The Balaban J connectivity index is 1.91. The molecule has 1 aromatic carbocycles. The van der Waals surface area contributed by atoms with E-state index in [2.05, 4.69) is 10.6 Å². The molecule has 0 unspecified atom stereocenters. The average Bonchev–Trinajstić information content (AvgIpc) is 3.14. The van der Waals surface area contributed by atoms with Crippen LogP contribution in [0.25, 0.3) is 0 Å². The second-order valence-electron chi connectivity index (χ2n) is 5.35. The number of nitrogens with one attached hydrogen (secondary N) is 2. The summed E-state index contributed by atoms with van der Waals surface area (Å²) in [5, 5.41) is 7.24. The minimum atomic E-state index is -0.864. The first-order valence-electron chi connectivity index (χ1n) is 7.95. The fourth-order valence-electron chi connectivity index (χ4n) is 1.96. The van der Waals surface area contributed by atoms with Gasteiger partial charge in [-0.15, -0.1) is 11.3 Å². The molecule has 0 aliphatic rings. The smallest absolute Gasteiger partial charge is 0.338 e. The molecule has 25 heavy (non-hydrogen) atoms. The Hall–Kier alpha value is -2.67. The monoisotopic (exact) mass is 360 g/mol. The van der Waals surface area contributed by atoms with Crippen molar-refractivity contribution in [2.45, 2.75) is 26.4 Å². The highest BCUT2D eigenvalue weighted by Gasteiger charge is 2.18. The van der Waals surface area contributed by atoms with Gasteiger partial charge in [-0.05, 0) is 49.1 Å². The van der Waals surface area contributed by atoms with Gasteiger partial charge >= 0.3 is 5.97 Å². The van der Waals surface area contributed by atoms with Crippen molar-refractivity contribution < 1.29 is 19.1 Å². The molecule has 0 fully saturated rings. The number of carbonyl (C=O) groups is 3. The molecule has 0 radical (unpaired) electrons. The number of carbonyl (C=O) groups excluding carboxylic acids is 3. The van der Waals surface area contributed by atoms with Crippen LogP contribution in [0.3, 0.4) is 0 Å². The molecule has 0 saturated heterocycles. The van der Waals surface area contributed by atoms with Crippen molar-refractivity contribution in [3.63, 3.8) is 0 Å². The molecule has 1 aromatic heterocycles. The lowest BCUT2D eigenvalue weighted by Crippen LogP contribution is -2.36. The normalized spacial score (nSPS) is 11.4. The van der Waals surface area contributed by atoms with E-state index in [1.165, 1.54) is 18.3 Å². The van der Waals surface area contributed by atoms with Gasteiger partial charge in [0.15, 0.2) is 6.10 Å². The third-order valence-electron chi connectivity index (χ3n) is 3.33. The standard InChI is InChI=1S/C18H20N2O4S/c1-3-10-19-16(21)12(2)24-18(23)13-6-8-14(9-7-13)20-17(22)15-5-4-11-25-15/h4-9,11-12H,3,10H2,1-2H3,(H,19,21)(H,20,22)/t12-/m1/s1. The number of hydrogen-bond acceptors (Lipinski definition) is 5. The van der Waals surface area contributed by atoms with Gasteiger partial charge in [-0.3, -0.25) is 9.59 Å². The Kier molecular flexibility index (Phi) is 6.71. The number of hydrogen-bond donors (Lipinski definition) is 2. The Labute approximate surface area is 150 Å². The summed E-state index contributed by atoms with van der Waals surface area (Å²) in [6.07, 6.45) is -0.0531. The maximum Gasteiger partial charge on any atom is 0.338 e. The molecule has 2 rings (SSSR count). The molecule has 7 heteroatoms. The zero-order valence-electron chi connectivity index (χ0n) is 14.1. The summed E-state index contributed by atoms with van der Waals surface area (Å²) in [6.45, 7) is 4.01. The average molecular weight is 360 g/mol. The predicted molar refractivity (Wildman–Crippen MR) is 96.9 cm³/mol. The van der Waals surface area contributed by atoms with E-state index in [9.17, 15) is 14.4 Å². The van der Waals surface area contributed by atoms with Crippen LogP contribution in [0.4, 0.5) is 5.69 Å². The van der Waals surface area contributed by atoms with Gasteiger partial charge in [0.2, 0.25) is 0 Å². The molecule has 2 N–H and O–H groups in total. The van der Waals surface area contributed by atoms with E-state index in [1.54, 1.807) is 36.4 Å². The fourth-order valence-corrected chi connectivity index (χ4v) is 2.58. The zero-order chi connectivity index (χ0) is 18.2. The fraction of sp³-hybridized carbons (Fsp3) is 0.278. The highest BCUT2D eigenvalue weighted by atomic mass is 32.1. The predicted octanol–water partition coefficient (Wildman–Crippen LogP) is 3.07. The van der Waals surface area contributed by atoms with Crippen molar-refractivity contribution in [3.8, 4) is 0 Å².